The van der Waals surface area contributed by atoms with E-state index in [4.69, 9.17) is 5.73 Å². The van der Waals surface area contributed by atoms with Crippen LogP contribution in [0.2, 0.25) is 0 Å². The van der Waals surface area contributed by atoms with E-state index in [2.05, 4.69) is 31.8 Å². The quantitative estimate of drug-likeness (QED) is 0.369. The number of primary amides is 1. The molecule has 2 amide bonds. The van der Waals surface area contributed by atoms with Crippen LogP contribution in [0.25, 0.3) is 27.8 Å². The minimum atomic E-state index is -4.81. The summed E-state index contributed by atoms with van der Waals surface area (Å²) in [6.07, 6.45) is 1.02. The Morgan fingerprint density at radius 3 is 2.60 bits per heavy atom. The van der Waals surface area contributed by atoms with E-state index in [9.17, 15) is 22.8 Å². The van der Waals surface area contributed by atoms with Crippen molar-refractivity contribution in [1.29, 1.82) is 0 Å². The standard InChI is InChI=1S/C22H18F3N7O3/c1-2-19(34)28-10-17-20-16(13-9-29-31(11-13)12-18(26)33)7-8-27-21(20)32(30-17)14-3-5-15(6-4-14)35-22(23,24)25/h2-9,11H,1,10,12H2,(H2,26,33)(H,28,34). The zero-order valence-corrected chi connectivity index (χ0v) is 18.0. The third-order valence-corrected chi connectivity index (χ3v) is 4.83. The summed E-state index contributed by atoms with van der Waals surface area (Å²) in [5.41, 5.74) is 7.79. The van der Waals surface area contributed by atoms with Gasteiger partial charge in [-0.15, -0.1) is 13.2 Å². The van der Waals surface area contributed by atoms with Crippen LogP contribution < -0.4 is 15.8 Å². The normalized spacial score (nSPS) is 11.4. The van der Waals surface area contributed by atoms with Crippen molar-refractivity contribution in [3.8, 4) is 22.6 Å². The smallest absolute Gasteiger partial charge is 0.406 e. The van der Waals surface area contributed by atoms with Gasteiger partial charge in [0, 0.05) is 18.0 Å². The molecule has 0 saturated carbocycles. The molecule has 3 heterocycles. The lowest BCUT2D eigenvalue weighted by Crippen LogP contribution is -2.20. The van der Waals surface area contributed by atoms with Crippen LogP contribution in [-0.2, 0) is 22.7 Å². The largest absolute Gasteiger partial charge is 0.573 e. The summed E-state index contributed by atoms with van der Waals surface area (Å²) in [5, 5.41) is 11.9. The van der Waals surface area contributed by atoms with Crippen molar-refractivity contribution in [1.82, 2.24) is 29.9 Å². The lowest BCUT2D eigenvalue weighted by atomic mass is 10.1. The van der Waals surface area contributed by atoms with E-state index < -0.39 is 18.2 Å². The Morgan fingerprint density at radius 1 is 1.20 bits per heavy atom. The summed E-state index contributed by atoms with van der Waals surface area (Å²) in [4.78, 5) is 27.4. The summed E-state index contributed by atoms with van der Waals surface area (Å²) in [6.45, 7) is 3.34. The summed E-state index contributed by atoms with van der Waals surface area (Å²) < 4.78 is 44.3. The highest BCUT2D eigenvalue weighted by molar-refractivity contribution is 5.96. The van der Waals surface area contributed by atoms with Crippen molar-refractivity contribution in [2.75, 3.05) is 0 Å². The number of nitrogens with zero attached hydrogens (tertiary/aromatic N) is 5. The molecule has 0 fully saturated rings. The molecule has 0 aliphatic heterocycles. The number of amides is 2. The highest BCUT2D eigenvalue weighted by Crippen LogP contribution is 2.32. The lowest BCUT2D eigenvalue weighted by Gasteiger charge is -2.09. The number of hydrogen-bond acceptors (Lipinski definition) is 6. The van der Waals surface area contributed by atoms with Crippen molar-refractivity contribution in [3.63, 3.8) is 0 Å². The van der Waals surface area contributed by atoms with Crippen molar-refractivity contribution in [3.05, 3.63) is 67.3 Å². The average Bonchev–Trinajstić information content (AvgIpc) is 3.41. The predicted molar refractivity (Wildman–Crippen MR) is 118 cm³/mol. The number of rotatable bonds is 8. The molecule has 1 aromatic carbocycles. The van der Waals surface area contributed by atoms with Crippen molar-refractivity contribution in [2.45, 2.75) is 19.5 Å². The molecule has 4 aromatic rings. The molecule has 0 aliphatic rings. The first-order valence-corrected chi connectivity index (χ1v) is 10.1. The molecular weight excluding hydrogens is 467 g/mol. The van der Waals surface area contributed by atoms with Crippen LogP contribution in [0.15, 0.2) is 61.6 Å². The number of benzene rings is 1. The zero-order valence-electron chi connectivity index (χ0n) is 18.0. The van der Waals surface area contributed by atoms with Gasteiger partial charge in [-0.1, -0.05) is 6.58 Å². The number of alkyl halides is 3. The van der Waals surface area contributed by atoms with Crippen molar-refractivity contribution < 1.29 is 27.5 Å². The second kappa shape index (κ2) is 9.29. The fourth-order valence-electron chi connectivity index (χ4n) is 3.44. The molecule has 0 atom stereocenters. The van der Waals surface area contributed by atoms with E-state index in [1.807, 2.05) is 0 Å². The number of pyridine rings is 1. The van der Waals surface area contributed by atoms with Gasteiger partial charge in [-0.2, -0.15) is 10.2 Å². The first-order valence-electron chi connectivity index (χ1n) is 10.1. The predicted octanol–water partition coefficient (Wildman–Crippen LogP) is 2.47. The van der Waals surface area contributed by atoms with Gasteiger partial charge in [0.2, 0.25) is 11.8 Å². The minimum absolute atomic E-state index is 0.0255. The zero-order chi connectivity index (χ0) is 25.2. The number of nitrogens with two attached hydrogens (primary N) is 1. The number of carbonyl (C=O) groups is 2. The highest BCUT2D eigenvalue weighted by atomic mass is 19.4. The third-order valence-electron chi connectivity index (χ3n) is 4.83. The second-order valence-electron chi connectivity index (χ2n) is 7.27. The Hall–Kier alpha value is -4.68. The Kier molecular flexibility index (Phi) is 6.23. The number of nitrogens with one attached hydrogen (secondary N) is 1. The molecule has 0 radical (unpaired) electrons. The van der Waals surface area contributed by atoms with Crippen LogP contribution in [0.5, 0.6) is 5.75 Å². The van der Waals surface area contributed by atoms with Crippen LogP contribution in [0, 0.1) is 0 Å². The van der Waals surface area contributed by atoms with E-state index >= 15 is 0 Å². The Balaban J connectivity index is 1.81. The van der Waals surface area contributed by atoms with E-state index in [0.717, 1.165) is 18.2 Å². The fraction of sp³-hybridized carbons (Fsp3) is 0.136. The molecule has 180 valence electrons. The number of ether oxygens (including phenoxy) is 1. The van der Waals surface area contributed by atoms with Crippen LogP contribution in [0.4, 0.5) is 13.2 Å². The van der Waals surface area contributed by atoms with Gasteiger partial charge in [0.25, 0.3) is 0 Å². The molecule has 3 N–H and O–H groups in total. The van der Waals surface area contributed by atoms with Crippen LogP contribution in [-0.4, -0.2) is 42.7 Å². The molecule has 0 saturated heterocycles. The van der Waals surface area contributed by atoms with Gasteiger partial charge in [-0.25, -0.2) is 9.67 Å². The molecule has 0 bridgehead atoms. The fourth-order valence-corrected chi connectivity index (χ4v) is 3.44. The number of fused-ring (bicyclic) bond motifs is 1. The highest BCUT2D eigenvalue weighted by Gasteiger charge is 2.31. The van der Waals surface area contributed by atoms with E-state index in [0.29, 0.717) is 33.5 Å². The van der Waals surface area contributed by atoms with Gasteiger partial charge in [0.15, 0.2) is 5.65 Å². The Bertz CT molecular complexity index is 1410. The monoisotopic (exact) mass is 485 g/mol. The maximum Gasteiger partial charge on any atom is 0.573 e. The molecule has 0 aliphatic carbocycles. The first-order chi connectivity index (χ1) is 16.6. The minimum Gasteiger partial charge on any atom is -0.406 e. The van der Waals surface area contributed by atoms with Crippen LogP contribution in [0.1, 0.15) is 5.69 Å². The number of hydrogen-bond donors (Lipinski definition) is 2. The topological polar surface area (TPSA) is 130 Å². The molecule has 0 spiro atoms. The maximum atomic E-state index is 12.5. The second-order valence-corrected chi connectivity index (χ2v) is 7.27. The Morgan fingerprint density at radius 2 is 1.94 bits per heavy atom. The number of carbonyl (C=O) groups excluding carboxylic acids is 2. The van der Waals surface area contributed by atoms with Crippen molar-refractivity contribution >= 4 is 22.8 Å². The molecule has 0 unspecified atom stereocenters. The molecule has 4 rings (SSSR count). The molecule has 35 heavy (non-hydrogen) atoms. The van der Waals surface area contributed by atoms with Crippen molar-refractivity contribution in [2.24, 2.45) is 5.73 Å². The Labute approximate surface area is 195 Å². The molecule has 10 nitrogen and oxygen atoms in total. The summed E-state index contributed by atoms with van der Waals surface area (Å²) in [7, 11) is 0. The van der Waals surface area contributed by atoms with Crippen LogP contribution >= 0.6 is 0 Å². The average molecular weight is 485 g/mol. The van der Waals surface area contributed by atoms with Gasteiger partial charge in [-0.05, 0) is 42.0 Å². The van der Waals surface area contributed by atoms with Gasteiger partial charge in [0.1, 0.15) is 12.3 Å². The van der Waals surface area contributed by atoms with E-state index in [1.165, 1.54) is 27.7 Å². The summed E-state index contributed by atoms with van der Waals surface area (Å²) in [6, 6.07) is 6.84. The van der Waals surface area contributed by atoms with Gasteiger partial charge < -0.3 is 15.8 Å². The first kappa shape index (κ1) is 23.5. The number of halogens is 3. The molecule has 13 heteroatoms. The summed E-state index contributed by atoms with van der Waals surface area (Å²) >= 11 is 0. The third kappa shape index (κ3) is 5.29. The SMILES string of the molecule is C=CC(=O)NCc1nn(-c2ccc(OC(F)(F)F)cc2)c2nccc(-c3cnn(CC(N)=O)c3)c12. The lowest BCUT2D eigenvalue weighted by molar-refractivity contribution is -0.274. The maximum absolute atomic E-state index is 12.5. The van der Waals surface area contributed by atoms with E-state index in [1.54, 1.807) is 18.5 Å². The molecular formula is C22H18F3N7O3. The van der Waals surface area contributed by atoms with E-state index in [-0.39, 0.29) is 18.8 Å². The summed E-state index contributed by atoms with van der Waals surface area (Å²) in [5.74, 6) is -1.36. The van der Waals surface area contributed by atoms with Gasteiger partial charge >= 0.3 is 6.36 Å². The van der Waals surface area contributed by atoms with Gasteiger partial charge in [0.05, 0.1) is 29.5 Å². The molecule has 3 aromatic heterocycles. The number of aromatic nitrogens is 5. The van der Waals surface area contributed by atoms with Crippen LogP contribution in [0.3, 0.4) is 0 Å². The van der Waals surface area contributed by atoms with Gasteiger partial charge in [-0.3, -0.25) is 14.3 Å².